The number of furan rings is 3. The van der Waals surface area contributed by atoms with Crippen molar-refractivity contribution in [1.82, 2.24) is 0 Å². The second kappa shape index (κ2) is 37.2. The third-order valence-corrected chi connectivity index (χ3v) is 20.5. The summed E-state index contributed by atoms with van der Waals surface area (Å²) < 4.78 is 44.9. The fourth-order valence-electron chi connectivity index (χ4n) is 13.1. The number of esters is 2. The number of carboxylic acid groups (broad SMARTS) is 1. The highest BCUT2D eigenvalue weighted by Gasteiger charge is 2.27. The molecule has 9 aromatic carbocycles. The Morgan fingerprint density at radius 3 is 0.867 bits per heavy atom. The lowest BCUT2D eigenvalue weighted by atomic mass is 9.93. The van der Waals surface area contributed by atoms with Crippen molar-refractivity contribution in [2.75, 3.05) is 35.5 Å². The number of carbonyl (C=O) groups excluding carboxylic acids is 5. The van der Waals surface area contributed by atoms with E-state index >= 15 is 0 Å². The summed E-state index contributed by atoms with van der Waals surface area (Å²) in [6.45, 7) is 17.7. The average molecular weight is 1520 g/mol. The van der Waals surface area contributed by atoms with Crippen LogP contribution in [0.5, 0.6) is 34.5 Å². The Hall–Kier alpha value is -13.0. The van der Waals surface area contributed by atoms with E-state index in [-0.39, 0.29) is 73.1 Å². The number of ketones is 3. The topological polar surface area (TPSA) is 269 Å². The van der Waals surface area contributed by atoms with Gasteiger partial charge in [0, 0.05) is 52.1 Å². The lowest BCUT2D eigenvalue weighted by molar-refractivity contribution is -0.147. The van der Waals surface area contributed by atoms with Gasteiger partial charge in [-0.2, -0.15) is 0 Å². The molecule has 582 valence electrons. The van der Waals surface area contributed by atoms with Crippen LogP contribution in [0.25, 0.3) is 85.1 Å². The summed E-state index contributed by atoms with van der Waals surface area (Å²) in [4.78, 5) is 75.3. The van der Waals surface area contributed by atoms with Crippen molar-refractivity contribution in [2.24, 2.45) is 17.8 Å². The van der Waals surface area contributed by atoms with Gasteiger partial charge >= 0.3 is 17.9 Å². The van der Waals surface area contributed by atoms with Crippen LogP contribution in [-0.2, 0) is 57.5 Å². The van der Waals surface area contributed by atoms with Crippen molar-refractivity contribution in [3.63, 3.8) is 0 Å². The molecule has 0 spiro atoms. The summed E-state index contributed by atoms with van der Waals surface area (Å²) in [6, 6.07) is 50.8. The summed E-state index contributed by atoms with van der Waals surface area (Å²) >= 11 is 0. The molecule has 18 nitrogen and oxygen atoms in total. The van der Waals surface area contributed by atoms with Crippen molar-refractivity contribution < 1.29 is 86.1 Å². The minimum absolute atomic E-state index is 0.0175. The number of hydrogen-bond acceptors (Lipinski definition) is 17. The molecule has 3 heterocycles. The number of methoxy groups -OCH3 is 5. The highest BCUT2D eigenvalue weighted by molar-refractivity contribution is 6.03. The normalized spacial score (nSPS) is 12.2. The molecule has 0 unspecified atom stereocenters. The minimum atomic E-state index is -1.05. The smallest absolute Gasteiger partial charge is 0.309 e. The van der Waals surface area contributed by atoms with Crippen LogP contribution in [-0.4, -0.2) is 91.2 Å². The number of ether oxygens (including phenoxy) is 5. The van der Waals surface area contributed by atoms with Gasteiger partial charge in [0.1, 0.15) is 34.5 Å². The lowest BCUT2D eigenvalue weighted by Crippen LogP contribution is -2.21. The predicted octanol–water partition coefficient (Wildman–Crippen LogP) is 20.1. The molecule has 3 atom stereocenters. The van der Waals surface area contributed by atoms with Crippen LogP contribution in [0.4, 0.5) is 0 Å². The molecule has 0 saturated heterocycles. The largest absolute Gasteiger partial charge is 0.508 e. The number of hydrogen-bond donors (Lipinski definition) is 4. The number of carbonyl (C=O) groups is 6. The van der Waals surface area contributed by atoms with Crippen molar-refractivity contribution >= 4 is 86.4 Å². The van der Waals surface area contributed by atoms with E-state index in [1.165, 1.54) is 60.3 Å². The summed E-state index contributed by atoms with van der Waals surface area (Å²) in [7, 11) is 7.37. The van der Waals surface area contributed by atoms with E-state index in [4.69, 9.17) is 36.9 Å². The Kier molecular flexibility index (Phi) is 27.1. The Balaban J connectivity index is 0.000000180. The SMILES string of the molecule is COC(=O)[C@@H](CC(=O)/C=C/c1ccc(OC)c2oc(-c3ccc(C)c(C)c3)cc12)Cc1ccc(C)c(O)c1.COC(=O)[C@H](CC(=O)/C=C/c1ccc(OC)c2oc(-c3ccc(C)c(C)c3)cc12)Cc1ccc(C)c(O)c1.COc1ccc(/C=C/C(=O)C[C@@H](Cc2ccc(C)c(O)c2)C(=O)O)c2cc(-c3ccc(C)c(C)c3)oc12. The number of aryl methyl sites for hydroxylation is 9. The molecule has 0 aliphatic heterocycles. The number of aromatic hydroxyl groups is 3. The number of phenols is 3. The van der Waals surface area contributed by atoms with Gasteiger partial charge in [-0.05, 0) is 256 Å². The molecule has 0 aliphatic carbocycles. The average Bonchev–Trinajstić information content (AvgIpc) is 1.65. The monoisotopic (exact) mass is 1520 g/mol. The first-order valence-electron chi connectivity index (χ1n) is 37.0. The fraction of sp³-hybridized carbons (Fsp3) is 0.242. The minimum Gasteiger partial charge on any atom is -0.508 e. The number of aliphatic carboxylic acids is 1. The van der Waals surface area contributed by atoms with E-state index in [0.29, 0.717) is 62.4 Å². The summed E-state index contributed by atoms with van der Waals surface area (Å²) in [5, 5.41) is 42.1. The number of rotatable bonds is 27. The number of fused-ring (bicyclic) bond motifs is 3. The maximum absolute atomic E-state index is 12.9. The summed E-state index contributed by atoms with van der Waals surface area (Å²) in [6.07, 6.45) is 10.0. The zero-order valence-electron chi connectivity index (χ0n) is 66.0. The molecule has 0 fully saturated rings. The molecule has 12 rings (SSSR count). The van der Waals surface area contributed by atoms with Crippen LogP contribution >= 0.6 is 0 Å². The van der Waals surface area contributed by atoms with E-state index in [1.807, 2.05) is 79.7 Å². The highest BCUT2D eigenvalue weighted by atomic mass is 16.5. The zero-order chi connectivity index (χ0) is 81.5. The standard InChI is InChI=1S/2C32H32O6.C31H30O6/c2*1-19-7-9-24(14-21(19)3)30-18-27-23(11-13-29(36-4)31(27)38-30)10-12-26(33)17-25(32(35)37-5)15-22-8-6-20(2)28(34)16-22;1-18-6-8-23(13-20(18)3)29-17-26-22(10-12-28(36-4)30(26)37-29)9-11-25(32)16-24(31(34)35)14-21-7-5-19(2)27(33)15-21/h2*6-14,16,18,25,34H,15,17H2,1-5H3;5-13,15,17,24,33H,14,16H2,1-4H3,(H,34,35)/b2*12-10+;11-9+/t2*25-;24-/m101/s1. The van der Waals surface area contributed by atoms with Crippen LogP contribution in [0.15, 0.2) is 195 Å². The molecule has 0 bridgehead atoms. The van der Waals surface area contributed by atoms with Gasteiger partial charge < -0.3 is 57.4 Å². The van der Waals surface area contributed by atoms with Crippen molar-refractivity contribution in [3.05, 3.63) is 265 Å². The van der Waals surface area contributed by atoms with Crippen molar-refractivity contribution in [1.29, 1.82) is 0 Å². The van der Waals surface area contributed by atoms with Crippen LogP contribution in [0, 0.1) is 80.1 Å². The summed E-state index contributed by atoms with van der Waals surface area (Å²) in [5.41, 5.74) is 18.5. The van der Waals surface area contributed by atoms with E-state index in [9.17, 15) is 49.2 Å². The fourth-order valence-corrected chi connectivity index (χ4v) is 13.1. The van der Waals surface area contributed by atoms with Crippen LogP contribution in [0.1, 0.15) is 103 Å². The van der Waals surface area contributed by atoms with Gasteiger partial charge in [0.05, 0.1) is 53.3 Å². The van der Waals surface area contributed by atoms with Crippen molar-refractivity contribution in [2.45, 2.75) is 101 Å². The van der Waals surface area contributed by atoms with Gasteiger partial charge in [0.15, 0.2) is 51.3 Å². The van der Waals surface area contributed by atoms with E-state index in [2.05, 4.69) is 65.0 Å². The molecule has 0 aliphatic rings. The van der Waals surface area contributed by atoms with E-state index in [0.717, 1.165) is 77.4 Å². The molecule has 0 saturated carbocycles. The number of allylic oxidation sites excluding steroid dienone is 3. The maximum Gasteiger partial charge on any atom is 0.309 e. The molecule has 0 amide bonds. The molecular formula is C95H94O18. The first kappa shape index (κ1) is 82.5. The van der Waals surface area contributed by atoms with Gasteiger partial charge in [-0.3, -0.25) is 28.8 Å². The third kappa shape index (κ3) is 20.5. The molecule has 3 aromatic heterocycles. The zero-order valence-corrected chi connectivity index (χ0v) is 66.0. The van der Waals surface area contributed by atoms with Crippen LogP contribution in [0.2, 0.25) is 0 Å². The summed E-state index contributed by atoms with van der Waals surface area (Å²) in [5.74, 6) is -0.628. The van der Waals surface area contributed by atoms with Crippen molar-refractivity contribution in [3.8, 4) is 68.5 Å². The molecular weight excluding hydrogens is 1430 g/mol. The second-order valence-electron chi connectivity index (χ2n) is 28.5. The number of phenolic OH excluding ortho intramolecular Hbond substituents is 3. The Bertz CT molecular complexity index is 5420. The lowest BCUT2D eigenvalue weighted by Gasteiger charge is -2.14. The Morgan fingerprint density at radius 2 is 0.611 bits per heavy atom. The number of carboxylic acids is 1. The van der Waals surface area contributed by atoms with Gasteiger partial charge in [-0.15, -0.1) is 0 Å². The Morgan fingerprint density at radius 1 is 0.336 bits per heavy atom. The van der Waals surface area contributed by atoms with Gasteiger partial charge in [-0.1, -0.05) is 109 Å². The molecule has 113 heavy (non-hydrogen) atoms. The molecule has 18 heteroatoms. The van der Waals surface area contributed by atoms with E-state index in [1.54, 1.807) is 121 Å². The predicted molar refractivity (Wildman–Crippen MR) is 441 cm³/mol. The van der Waals surface area contributed by atoms with E-state index < -0.39 is 35.7 Å². The van der Waals surface area contributed by atoms with Gasteiger partial charge in [0.2, 0.25) is 0 Å². The van der Waals surface area contributed by atoms with Crippen LogP contribution in [0.3, 0.4) is 0 Å². The van der Waals surface area contributed by atoms with Crippen LogP contribution < -0.4 is 14.2 Å². The number of benzene rings is 9. The van der Waals surface area contributed by atoms with Gasteiger partial charge in [0.25, 0.3) is 0 Å². The molecule has 0 radical (unpaired) electrons. The maximum atomic E-state index is 12.9. The third-order valence-electron chi connectivity index (χ3n) is 20.5. The Labute approximate surface area is 657 Å². The second-order valence-corrected chi connectivity index (χ2v) is 28.5. The first-order valence-corrected chi connectivity index (χ1v) is 37.0. The van der Waals surface area contributed by atoms with Gasteiger partial charge in [-0.25, -0.2) is 0 Å². The first-order chi connectivity index (χ1) is 54.0. The quantitative estimate of drug-likeness (QED) is 0.0275. The molecule has 4 N–H and O–H groups in total. The highest BCUT2D eigenvalue weighted by Crippen LogP contribution is 2.41. The molecule has 12 aromatic rings.